The van der Waals surface area contributed by atoms with Crippen molar-refractivity contribution >= 4 is 51.0 Å². The second-order valence-corrected chi connectivity index (χ2v) is 8.44. The Kier molecular flexibility index (Phi) is 7.84. The molecule has 154 valence electrons. The lowest BCUT2D eigenvalue weighted by Gasteiger charge is -2.09. The van der Waals surface area contributed by atoms with E-state index in [9.17, 15) is 9.59 Å². The first kappa shape index (κ1) is 22.3. The van der Waals surface area contributed by atoms with Crippen LogP contribution in [0.3, 0.4) is 0 Å². The van der Waals surface area contributed by atoms with E-state index in [1.165, 1.54) is 11.8 Å². The number of aromatic nitrogens is 3. The Labute approximate surface area is 191 Å². The molecule has 0 aliphatic rings. The quantitative estimate of drug-likeness (QED) is 0.257. The molecule has 0 unspecified atom stereocenters. The van der Waals surface area contributed by atoms with Crippen LogP contribution in [-0.4, -0.2) is 32.2 Å². The minimum atomic E-state index is -0.298. The Morgan fingerprint density at radius 1 is 1.17 bits per heavy atom. The first-order chi connectivity index (χ1) is 14.5. The molecule has 2 aromatic carbocycles. The fraction of sp³-hybridized carbons (Fsp3) is 0.143. The van der Waals surface area contributed by atoms with Crippen LogP contribution in [0.15, 0.2) is 70.8 Å². The van der Waals surface area contributed by atoms with E-state index < -0.39 is 0 Å². The highest BCUT2D eigenvalue weighted by atomic mass is 79.9. The number of thioether (sulfide) groups is 1. The van der Waals surface area contributed by atoms with Crippen molar-refractivity contribution in [1.29, 1.82) is 0 Å². The smallest absolute Gasteiger partial charge is 0.253 e. The average Bonchev–Trinajstić information content (AvgIpc) is 3.13. The van der Waals surface area contributed by atoms with Gasteiger partial charge < -0.3 is 9.88 Å². The van der Waals surface area contributed by atoms with Gasteiger partial charge in [-0.25, -0.2) is 0 Å². The number of benzene rings is 2. The number of ketones is 1. The van der Waals surface area contributed by atoms with Gasteiger partial charge in [-0.1, -0.05) is 69.6 Å². The van der Waals surface area contributed by atoms with Crippen LogP contribution < -0.4 is 5.32 Å². The Hall–Kier alpha value is -2.42. The number of rotatable bonds is 9. The van der Waals surface area contributed by atoms with Crippen LogP contribution in [0.25, 0.3) is 0 Å². The summed E-state index contributed by atoms with van der Waals surface area (Å²) < 4.78 is 2.74. The predicted molar refractivity (Wildman–Crippen MR) is 122 cm³/mol. The Morgan fingerprint density at radius 3 is 2.60 bits per heavy atom. The molecule has 0 fully saturated rings. The van der Waals surface area contributed by atoms with E-state index in [-0.39, 0.29) is 24.0 Å². The molecule has 1 aromatic heterocycles. The highest BCUT2D eigenvalue weighted by Gasteiger charge is 2.16. The van der Waals surface area contributed by atoms with Gasteiger partial charge in [0.2, 0.25) is 0 Å². The highest BCUT2D eigenvalue weighted by Crippen LogP contribution is 2.20. The Balaban J connectivity index is 1.66. The van der Waals surface area contributed by atoms with Gasteiger partial charge in [-0.05, 0) is 24.3 Å². The fourth-order valence-electron chi connectivity index (χ4n) is 2.62. The van der Waals surface area contributed by atoms with Gasteiger partial charge in [0.05, 0.1) is 22.9 Å². The lowest BCUT2D eigenvalue weighted by molar-refractivity contribution is 0.0948. The minimum Gasteiger partial charge on any atom is -0.345 e. The third kappa shape index (κ3) is 5.59. The largest absolute Gasteiger partial charge is 0.345 e. The average molecular weight is 506 g/mol. The summed E-state index contributed by atoms with van der Waals surface area (Å²) in [6.07, 6.45) is 1.71. The van der Waals surface area contributed by atoms with E-state index in [0.717, 1.165) is 4.47 Å². The second-order valence-electron chi connectivity index (χ2n) is 6.18. The number of hydrogen-bond donors (Lipinski definition) is 1. The van der Waals surface area contributed by atoms with Crippen LogP contribution >= 0.6 is 39.3 Å². The van der Waals surface area contributed by atoms with Gasteiger partial charge in [-0.3, -0.25) is 9.59 Å². The first-order valence-corrected chi connectivity index (χ1v) is 11.1. The van der Waals surface area contributed by atoms with Gasteiger partial charge in [0.15, 0.2) is 16.8 Å². The van der Waals surface area contributed by atoms with E-state index in [1.807, 2.05) is 16.7 Å². The van der Waals surface area contributed by atoms with Gasteiger partial charge in [0.25, 0.3) is 5.91 Å². The van der Waals surface area contributed by atoms with Crippen LogP contribution in [0, 0.1) is 0 Å². The summed E-state index contributed by atoms with van der Waals surface area (Å²) in [5, 5.41) is 12.1. The summed E-state index contributed by atoms with van der Waals surface area (Å²) >= 11 is 10.7. The van der Waals surface area contributed by atoms with E-state index in [0.29, 0.717) is 33.7 Å². The van der Waals surface area contributed by atoms with Crippen LogP contribution in [0.5, 0.6) is 0 Å². The molecule has 3 rings (SSSR count). The SMILES string of the molecule is C=CCn1c(CNC(=O)c2ccccc2Cl)nnc1SCC(=O)c1ccc(Br)cc1. The molecule has 1 N–H and O–H groups in total. The molecule has 30 heavy (non-hydrogen) atoms. The van der Waals surface area contributed by atoms with Gasteiger partial charge in [0, 0.05) is 16.6 Å². The maximum atomic E-state index is 12.4. The molecule has 0 radical (unpaired) electrons. The van der Waals surface area contributed by atoms with Crippen molar-refractivity contribution in [3.05, 3.63) is 87.6 Å². The van der Waals surface area contributed by atoms with Crippen molar-refractivity contribution < 1.29 is 9.59 Å². The molecule has 1 amide bonds. The van der Waals surface area contributed by atoms with E-state index in [4.69, 9.17) is 11.6 Å². The van der Waals surface area contributed by atoms with Crippen LogP contribution in [0.2, 0.25) is 5.02 Å². The Morgan fingerprint density at radius 2 is 1.90 bits per heavy atom. The molecule has 0 saturated heterocycles. The summed E-state index contributed by atoms with van der Waals surface area (Å²) in [6, 6.07) is 14.0. The number of Topliss-reactive ketones (excluding diaryl/α,β-unsaturated/α-hetero) is 1. The zero-order valence-electron chi connectivity index (χ0n) is 15.8. The van der Waals surface area contributed by atoms with Gasteiger partial charge in [-0.15, -0.1) is 16.8 Å². The number of nitrogens with one attached hydrogen (secondary N) is 1. The maximum Gasteiger partial charge on any atom is 0.253 e. The number of allylic oxidation sites excluding steroid dienone is 1. The number of nitrogens with zero attached hydrogens (tertiary/aromatic N) is 3. The topological polar surface area (TPSA) is 76.9 Å². The van der Waals surface area contributed by atoms with Crippen LogP contribution in [-0.2, 0) is 13.1 Å². The number of hydrogen-bond acceptors (Lipinski definition) is 5. The van der Waals surface area contributed by atoms with Gasteiger partial charge >= 0.3 is 0 Å². The van der Waals surface area contributed by atoms with E-state index in [2.05, 4.69) is 38.0 Å². The first-order valence-electron chi connectivity index (χ1n) is 8.97. The number of amides is 1. The van der Waals surface area contributed by atoms with Crippen molar-refractivity contribution in [2.45, 2.75) is 18.2 Å². The number of carbonyl (C=O) groups is 2. The molecule has 1 heterocycles. The maximum absolute atomic E-state index is 12.4. The normalized spacial score (nSPS) is 10.6. The zero-order valence-corrected chi connectivity index (χ0v) is 19.0. The van der Waals surface area contributed by atoms with Crippen molar-refractivity contribution in [3.8, 4) is 0 Å². The third-order valence-corrected chi connectivity index (χ3v) is 5.95. The molecule has 0 spiro atoms. The molecule has 0 aliphatic carbocycles. The lowest BCUT2D eigenvalue weighted by Crippen LogP contribution is -2.25. The van der Waals surface area contributed by atoms with Gasteiger partial charge in [0.1, 0.15) is 0 Å². The van der Waals surface area contributed by atoms with Crippen molar-refractivity contribution in [1.82, 2.24) is 20.1 Å². The zero-order chi connectivity index (χ0) is 21.5. The van der Waals surface area contributed by atoms with E-state index in [1.54, 1.807) is 42.5 Å². The molecule has 6 nitrogen and oxygen atoms in total. The second kappa shape index (κ2) is 10.6. The van der Waals surface area contributed by atoms with Crippen molar-refractivity contribution in [2.24, 2.45) is 0 Å². The van der Waals surface area contributed by atoms with Crippen molar-refractivity contribution in [3.63, 3.8) is 0 Å². The third-order valence-electron chi connectivity index (χ3n) is 4.13. The predicted octanol–water partition coefficient (Wildman–Crippen LogP) is 4.79. The van der Waals surface area contributed by atoms with Crippen LogP contribution in [0.4, 0.5) is 0 Å². The summed E-state index contributed by atoms with van der Waals surface area (Å²) in [5.41, 5.74) is 1.02. The number of halogens is 2. The number of carbonyl (C=O) groups excluding carboxylic acids is 2. The molecule has 3 aromatic rings. The molecule has 9 heteroatoms. The molecular formula is C21H18BrClN4O2S. The summed E-state index contributed by atoms with van der Waals surface area (Å²) in [7, 11) is 0. The van der Waals surface area contributed by atoms with Gasteiger partial charge in [-0.2, -0.15) is 0 Å². The standard InChI is InChI=1S/C21H18BrClN4O2S/c1-2-11-27-19(12-24-20(29)16-5-3-4-6-17(16)23)25-26-21(27)30-13-18(28)14-7-9-15(22)10-8-14/h2-10H,1,11-13H2,(H,24,29). The molecule has 0 bridgehead atoms. The van der Waals surface area contributed by atoms with E-state index >= 15 is 0 Å². The van der Waals surface area contributed by atoms with Crippen molar-refractivity contribution in [2.75, 3.05) is 5.75 Å². The van der Waals surface area contributed by atoms with Crippen LogP contribution in [0.1, 0.15) is 26.5 Å². The molecular weight excluding hydrogens is 488 g/mol. The summed E-state index contributed by atoms with van der Waals surface area (Å²) in [4.78, 5) is 24.8. The lowest BCUT2D eigenvalue weighted by atomic mass is 10.2. The molecule has 0 saturated carbocycles. The minimum absolute atomic E-state index is 0.00535. The summed E-state index contributed by atoms with van der Waals surface area (Å²) in [5.74, 6) is 0.486. The monoisotopic (exact) mass is 504 g/mol. The Bertz CT molecular complexity index is 1070. The molecule has 0 atom stereocenters. The molecule has 0 aliphatic heterocycles. The fourth-order valence-corrected chi connectivity index (χ4v) is 3.97. The summed E-state index contributed by atoms with van der Waals surface area (Å²) in [6.45, 7) is 4.39. The highest BCUT2D eigenvalue weighted by molar-refractivity contribution is 9.10.